The second kappa shape index (κ2) is 7.47. The van der Waals surface area contributed by atoms with E-state index in [9.17, 15) is 22.4 Å². The Kier molecular flexibility index (Phi) is 5.81. The Bertz CT molecular complexity index is 756. The predicted octanol–water partition coefficient (Wildman–Crippen LogP) is 1.40. The van der Waals surface area contributed by atoms with E-state index in [4.69, 9.17) is 0 Å². The highest BCUT2D eigenvalue weighted by Crippen LogP contribution is 2.19. The fourth-order valence-corrected chi connectivity index (χ4v) is 4.24. The van der Waals surface area contributed by atoms with E-state index >= 15 is 0 Å². The maximum absolute atomic E-state index is 13.7. The Morgan fingerprint density at radius 2 is 2.08 bits per heavy atom. The van der Waals surface area contributed by atoms with Crippen molar-refractivity contribution in [3.63, 3.8) is 0 Å². The summed E-state index contributed by atoms with van der Waals surface area (Å²) in [5.41, 5.74) is -0.000792. The third kappa shape index (κ3) is 5.17. The van der Waals surface area contributed by atoms with Crippen LogP contribution >= 0.6 is 15.9 Å². The number of carbonyl (C=O) groups is 2. The predicted molar refractivity (Wildman–Crippen MR) is 90.9 cm³/mol. The van der Waals surface area contributed by atoms with E-state index < -0.39 is 39.7 Å². The molecule has 7 nitrogen and oxygen atoms in total. The molecule has 24 heavy (non-hydrogen) atoms. The van der Waals surface area contributed by atoms with Gasteiger partial charge in [0.05, 0.1) is 17.2 Å². The quantitative estimate of drug-likeness (QED) is 0.683. The first-order valence-corrected chi connectivity index (χ1v) is 9.81. The van der Waals surface area contributed by atoms with E-state index in [1.165, 1.54) is 19.1 Å². The molecule has 2 unspecified atom stereocenters. The summed E-state index contributed by atoms with van der Waals surface area (Å²) in [5.74, 6) is -1.27. The van der Waals surface area contributed by atoms with Crippen molar-refractivity contribution in [2.75, 3.05) is 16.8 Å². The Balaban J connectivity index is 1.86. The molecule has 1 aliphatic rings. The van der Waals surface area contributed by atoms with Gasteiger partial charge in [-0.25, -0.2) is 17.6 Å². The highest BCUT2D eigenvalue weighted by molar-refractivity contribution is 9.10. The lowest BCUT2D eigenvalue weighted by Gasteiger charge is -2.17. The van der Waals surface area contributed by atoms with Gasteiger partial charge >= 0.3 is 6.03 Å². The molecule has 0 aromatic heterocycles. The minimum Gasteiger partial charge on any atom is -0.334 e. The first-order chi connectivity index (χ1) is 11.2. The van der Waals surface area contributed by atoms with E-state index in [0.717, 1.165) is 0 Å². The summed E-state index contributed by atoms with van der Waals surface area (Å²) in [4.78, 5) is 23.8. The Hall–Kier alpha value is -1.68. The van der Waals surface area contributed by atoms with Crippen molar-refractivity contribution in [3.8, 4) is 0 Å². The number of nitrogens with one attached hydrogen (secondary N) is 3. The Morgan fingerprint density at radius 1 is 1.38 bits per heavy atom. The van der Waals surface area contributed by atoms with Crippen molar-refractivity contribution >= 4 is 43.4 Å². The third-order valence-corrected chi connectivity index (χ3v) is 5.76. The molecule has 1 aromatic carbocycles. The van der Waals surface area contributed by atoms with Gasteiger partial charge in [-0.15, -0.1) is 0 Å². The van der Waals surface area contributed by atoms with Gasteiger partial charge < -0.3 is 16.0 Å². The molecule has 3 amide bonds. The van der Waals surface area contributed by atoms with Crippen LogP contribution in [0.4, 0.5) is 14.9 Å². The fraction of sp³-hybridized carbons (Fsp3) is 0.429. The second-order valence-corrected chi connectivity index (χ2v) is 8.70. The average Bonchev–Trinajstić information content (AvgIpc) is 2.80. The molecule has 1 heterocycles. The minimum atomic E-state index is -3.10. The van der Waals surface area contributed by atoms with Gasteiger partial charge in [0.1, 0.15) is 11.9 Å². The summed E-state index contributed by atoms with van der Waals surface area (Å²) >= 11 is 3.11. The highest BCUT2D eigenvalue weighted by atomic mass is 79.9. The summed E-state index contributed by atoms with van der Waals surface area (Å²) in [6.45, 7) is 1.44. The van der Waals surface area contributed by atoms with Crippen LogP contribution in [0.15, 0.2) is 22.7 Å². The van der Waals surface area contributed by atoms with Crippen molar-refractivity contribution in [2.24, 2.45) is 0 Å². The maximum atomic E-state index is 13.7. The Morgan fingerprint density at radius 3 is 2.67 bits per heavy atom. The van der Waals surface area contributed by atoms with Crippen LogP contribution in [0.1, 0.15) is 13.3 Å². The first kappa shape index (κ1) is 18.7. The molecule has 1 aromatic rings. The van der Waals surface area contributed by atoms with Gasteiger partial charge in [0.15, 0.2) is 9.84 Å². The molecule has 0 aliphatic carbocycles. The lowest BCUT2D eigenvalue weighted by atomic mass is 10.2. The van der Waals surface area contributed by atoms with Gasteiger partial charge in [-0.2, -0.15) is 0 Å². The summed E-state index contributed by atoms with van der Waals surface area (Å²) < 4.78 is 36.9. The molecular formula is C14H17BrFN3O4S. The van der Waals surface area contributed by atoms with Gasteiger partial charge in [-0.05, 0) is 31.5 Å². The van der Waals surface area contributed by atoms with Gasteiger partial charge in [0.2, 0.25) is 5.91 Å². The van der Waals surface area contributed by atoms with Crippen LogP contribution in [0.2, 0.25) is 0 Å². The van der Waals surface area contributed by atoms with Crippen LogP contribution in [0.5, 0.6) is 0 Å². The lowest BCUT2D eigenvalue weighted by molar-refractivity contribution is -0.117. The number of rotatable bonds is 4. The zero-order valence-electron chi connectivity index (χ0n) is 12.8. The standard InChI is InChI=1S/C14H17BrFN3O4S/c1-8(13(20)19-12-3-2-9(15)6-11(12)16)17-14(21)18-10-4-5-24(22,23)7-10/h2-3,6,8,10H,4-5,7H2,1H3,(H,19,20)(H2,17,18,21). The molecular weight excluding hydrogens is 405 g/mol. The van der Waals surface area contributed by atoms with Gasteiger partial charge in [0, 0.05) is 10.5 Å². The highest BCUT2D eigenvalue weighted by Gasteiger charge is 2.29. The smallest absolute Gasteiger partial charge is 0.315 e. The van der Waals surface area contributed by atoms with Crippen LogP contribution in [-0.4, -0.2) is 43.9 Å². The monoisotopic (exact) mass is 421 g/mol. The zero-order valence-corrected chi connectivity index (χ0v) is 15.2. The van der Waals surface area contributed by atoms with Crippen molar-refractivity contribution in [1.82, 2.24) is 10.6 Å². The molecule has 10 heteroatoms. The number of halogens is 2. The van der Waals surface area contributed by atoms with Gasteiger partial charge in [0.25, 0.3) is 0 Å². The van der Waals surface area contributed by atoms with Gasteiger partial charge in [-0.1, -0.05) is 15.9 Å². The van der Waals surface area contributed by atoms with Gasteiger partial charge in [-0.3, -0.25) is 4.79 Å². The molecule has 2 atom stereocenters. The van der Waals surface area contributed by atoms with Crippen LogP contribution < -0.4 is 16.0 Å². The SMILES string of the molecule is CC(NC(=O)NC1CCS(=O)(=O)C1)C(=O)Nc1ccc(Br)cc1F. The number of amides is 3. The number of benzene rings is 1. The number of sulfone groups is 1. The molecule has 1 aliphatic heterocycles. The minimum absolute atomic E-state index is 0.000792. The molecule has 0 spiro atoms. The van der Waals surface area contributed by atoms with Crippen molar-refractivity contribution in [3.05, 3.63) is 28.5 Å². The van der Waals surface area contributed by atoms with E-state index in [0.29, 0.717) is 10.9 Å². The summed E-state index contributed by atoms with van der Waals surface area (Å²) in [6, 6.07) is 2.15. The van der Waals surface area contributed by atoms with Crippen molar-refractivity contribution < 1.29 is 22.4 Å². The van der Waals surface area contributed by atoms with Crippen molar-refractivity contribution in [1.29, 1.82) is 0 Å². The fourth-order valence-electron chi connectivity index (χ4n) is 2.23. The lowest BCUT2D eigenvalue weighted by Crippen LogP contribution is -2.49. The third-order valence-electron chi connectivity index (χ3n) is 3.50. The maximum Gasteiger partial charge on any atom is 0.315 e. The van der Waals surface area contributed by atoms with Crippen molar-refractivity contribution in [2.45, 2.75) is 25.4 Å². The van der Waals surface area contributed by atoms with E-state index in [1.807, 2.05) is 0 Å². The molecule has 1 saturated heterocycles. The normalized spacial score (nSPS) is 20.2. The van der Waals surface area contributed by atoms with Crippen LogP contribution in [0.25, 0.3) is 0 Å². The number of carbonyl (C=O) groups excluding carboxylic acids is 2. The van der Waals surface area contributed by atoms with Crippen LogP contribution in [-0.2, 0) is 14.6 Å². The molecule has 2 rings (SSSR count). The summed E-state index contributed by atoms with van der Waals surface area (Å²) in [7, 11) is -3.10. The number of hydrogen-bond donors (Lipinski definition) is 3. The average molecular weight is 422 g/mol. The molecule has 132 valence electrons. The largest absolute Gasteiger partial charge is 0.334 e. The summed E-state index contributed by atoms with van der Waals surface area (Å²) in [6.07, 6.45) is 0.348. The molecule has 1 fully saturated rings. The van der Waals surface area contributed by atoms with E-state index in [1.54, 1.807) is 6.07 Å². The summed E-state index contributed by atoms with van der Waals surface area (Å²) in [5, 5.41) is 7.29. The van der Waals surface area contributed by atoms with E-state index in [-0.39, 0.29) is 17.2 Å². The van der Waals surface area contributed by atoms with E-state index in [2.05, 4.69) is 31.9 Å². The number of anilines is 1. The zero-order chi connectivity index (χ0) is 17.9. The molecule has 0 bridgehead atoms. The number of hydrogen-bond acceptors (Lipinski definition) is 4. The topological polar surface area (TPSA) is 104 Å². The van der Waals surface area contributed by atoms with Crippen LogP contribution in [0, 0.1) is 5.82 Å². The molecule has 3 N–H and O–H groups in total. The second-order valence-electron chi connectivity index (χ2n) is 5.55. The van der Waals surface area contributed by atoms with Crippen LogP contribution in [0.3, 0.4) is 0 Å². The number of urea groups is 1. The Labute approximate surface area is 147 Å². The molecule has 0 radical (unpaired) electrons. The molecule has 0 saturated carbocycles. The first-order valence-electron chi connectivity index (χ1n) is 7.19.